The summed E-state index contributed by atoms with van der Waals surface area (Å²) in [6, 6.07) is 4.38. The molecular weight excluding hydrogens is 243 g/mol. The average Bonchev–Trinajstić information content (AvgIpc) is 2.39. The summed E-state index contributed by atoms with van der Waals surface area (Å²) in [6.45, 7) is 2.20. The molecule has 0 saturated heterocycles. The highest BCUT2D eigenvalue weighted by Crippen LogP contribution is 2.14. The Morgan fingerprint density at radius 1 is 1.11 bits per heavy atom. The van der Waals surface area contributed by atoms with Crippen LogP contribution in [0.2, 0.25) is 0 Å². The maximum absolute atomic E-state index is 13.2. The molecule has 1 aromatic carbocycles. The Bertz CT molecular complexity index is 402. The number of unbranched alkanes of at least 4 members (excludes halogenated alkanes) is 6. The van der Waals surface area contributed by atoms with E-state index < -0.39 is 11.8 Å². The summed E-state index contributed by atoms with van der Waals surface area (Å²) < 4.78 is 13.2. The summed E-state index contributed by atoms with van der Waals surface area (Å²) in [7, 11) is 0. The molecule has 0 atom stereocenters. The number of halogens is 1. The number of aromatic carboxylic acids is 1. The van der Waals surface area contributed by atoms with Gasteiger partial charge in [0.25, 0.3) is 0 Å². The first kappa shape index (κ1) is 15.7. The van der Waals surface area contributed by atoms with Gasteiger partial charge in [-0.25, -0.2) is 9.18 Å². The highest BCUT2D eigenvalue weighted by molar-refractivity contribution is 5.88. The summed E-state index contributed by atoms with van der Waals surface area (Å²) in [5, 5.41) is 8.84. The number of aryl methyl sites for hydroxylation is 1. The molecule has 0 bridgehead atoms. The number of hydrogen-bond acceptors (Lipinski definition) is 1. The molecule has 0 saturated carbocycles. The monoisotopic (exact) mass is 266 g/mol. The van der Waals surface area contributed by atoms with Crippen molar-refractivity contribution in [2.24, 2.45) is 0 Å². The first-order valence-corrected chi connectivity index (χ1v) is 7.17. The fraction of sp³-hybridized carbons (Fsp3) is 0.562. The average molecular weight is 266 g/mol. The van der Waals surface area contributed by atoms with Crippen LogP contribution in [0.5, 0.6) is 0 Å². The zero-order chi connectivity index (χ0) is 14.1. The molecule has 3 heteroatoms. The molecule has 106 valence electrons. The van der Waals surface area contributed by atoms with Crippen molar-refractivity contribution < 1.29 is 14.3 Å². The summed E-state index contributed by atoms with van der Waals surface area (Å²) in [6.07, 6.45) is 9.39. The maximum atomic E-state index is 13.2. The van der Waals surface area contributed by atoms with Gasteiger partial charge in [0.2, 0.25) is 0 Å². The number of hydrogen-bond donors (Lipinski definition) is 1. The second-order valence-corrected chi connectivity index (χ2v) is 4.99. The molecule has 19 heavy (non-hydrogen) atoms. The van der Waals surface area contributed by atoms with Crippen LogP contribution in [0.25, 0.3) is 0 Å². The lowest BCUT2D eigenvalue weighted by Crippen LogP contribution is -2.01. The van der Waals surface area contributed by atoms with Crippen molar-refractivity contribution in [1.29, 1.82) is 0 Å². The Morgan fingerprint density at radius 3 is 2.37 bits per heavy atom. The van der Waals surface area contributed by atoms with Gasteiger partial charge in [0.1, 0.15) is 5.82 Å². The lowest BCUT2D eigenvalue weighted by atomic mass is 10.0. The van der Waals surface area contributed by atoms with E-state index in [1.165, 1.54) is 44.2 Å². The quantitative estimate of drug-likeness (QED) is 0.651. The molecule has 0 aliphatic heterocycles. The third-order valence-corrected chi connectivity index (χ3v) is 3.33. The molecule has 0 spiro atoms. The van der Waals surface area contributed by atoms with E-state index in [0.29, 0.717) is 0 Å². The van der Waals surface area contributed by atoms with Crippen LogP contribution in [0.15, 0.2) is 18.2 Å². The maximum Gasteiger partial charge on any atom is 0.338 e. The standard InChI is InChI=1S/C16H23FO2/c1-2-3-4-5-6-7-8-9-13-10-11-15(17)14(12-13)16(18)19/h10-12H,2-9H2,1H3,(H,18,19). The molecule has 0 heterocycles. The zero-order valence-corrected chi connectivity index (χ0v) is 11.6. The first-order valence-electron chi connectivity index (χ1n) is 7.17. The van der Waals surface area contributed by atoms with Gasteiger partial charge >= 0.3 is 5.97 Å². The smallest absolute Gasteiger partial charge is 0.338 e. The van der Waals surface area contributed by atoms with Gasteiger partial charge in [-0.1, -0.05) is 51.5 Å². The van der Waals surface area contributed by atoms with Gasteiger partial charge in [0.05, 0.1) is 5.56 Å². The summed E-state index contributed by atoms with van der Waals surface area (Å²) in [5.74, 6) is -1.85. The highest BCUT2D eigenvalue weighted by Gasteiger charge is 2.10. The second-order valence-electron chi connectivity index (χ2n) is 4.99. The summed E-state index contributed by atoms with van der Waals surface area (Å²) in [5.41, 5.74) is 0.688. The molecule has 0 aromatic heterocycles. The topological polar surface area (TPSA) is 37.3 Å². The summed E-state index contributed by atoms with van der Waals surface area (Å²) in [4.78, 5) is 10.8. The Morgan fingerprint density at radius 2 is 1.74 bits per heavy atom. The minimum atomic E-state index is -1.20. The normalized spacial score (nSPS) is 10.6. The van der Waals surface area contributed by atoms with Crippen molar-refractivity contribution in [3.05, 3.63) is 35.1 Å². The second kappa shape index (κ2) is 8.68. The van der Waals surface area contributed by atoms with Crippen LogP contribution in [0, 0.1) is 5.82 Å². The molecular formula is C16H23FO2. The van der Waals surface area contributed by atoms with Crippen molar-refractivity contribution in [2.75, 3.05) is 0 Å². The number of rotatable bonds is 9. The molecule has 0 radical (unpaired) electrons. The van der Waals surface area contributed by atoms with Crippen LogP contribution in [-0.4, -0.2) is 11.1 Å². The van der Waals surface area contributed by atoms with E-state index in [1.807, 2.05) is 0 Å². The van der Waals surface area contributed by atoms with E-state index in [9.17, 15) is 9.18 Å². The molecule has 0 fully saturated rings. The predicted octanol–water partition coefficient (Wildman–Crippen LogP) is 4.82. The van der Waals surface area contributed by atoms with E-state index in [4.69, 9.17) is 5.11 Å². The van der Waals surface area contributed by atoms with Gasteiger partial charge in [-0.3, -0.25) is 0 Å². The molecule has 2 nitrogen and oxygen atoms in total. The van der Waals surface area contributed by atoms with E-state index in [-0.39, 0.29) is 5.56 Å². The predicted molar refractivity (Wildman–Crippen MR) is 75.1 cm³/mol. The van der Waals surface area contributed by atoms with Gasteiger partial charge in [-0.2, -0.15) is 0 Å². The number of benzene rings is 1. The van der Waals surface area contributed by atoms with Gasteiger partial charge in [0.15, 0.2) is 0 Å². The molecule has 1 aromatic rings. The lowest BCUT2D eigenvalue weighted by Gasteiger charge is -2.04. The Balaban J connectivity index is 2.30. The molecule has 1 N–H and O–H groups in total. The van der Waals surface area contributed by atoms with Gasteiger partial charge < -0.3 is 5.11 Å². The number of carbonyl (C=O) groups is 1. The fourth-order valence-electron chi connectivity index (χ4n) is 2.18. The Kier molecular flexibility index (Phi) is 7.16. The van der Waals surface area contributed by atoms with Crippen molar-refractivity contribution >= 4 is 5.97 Å². The molecule has 0 amide bonds. The Hall–Kier alpha value is -1.38. The third kappa shape index (κ3) is 5.86. The van der Waals surface area contributed by atoms with Crippen LogP contribution in [0.4, 0.5) is 4.39 Å². The van der Waals surface area contributed by atoms with Crippen LogP contribution in [-0.2, 0) is 6.42 Å². The van der Waals surface area contributed by atoms with Gasteiger partial charge in [-0.15, -0.1) is 0 Å². The van der Waals surface area contributed by atoms with Crippen LogP contribution in [0.1, 0.15) is 67.8 Å². The Labute approximate surface area is 114 Å². The van der Waals surface area contributed by atoms with E-state index >= 15 is 0 Å². The zero-order valence-electron chi connectivity index (χ0n) is 11.6. The molecule has 0 aliphatic carbocycles. The van der Waals surface area contributed by atoms with Crippen molar-refractivity contribution in [1.82, 2.24) is 0 Å². The van der Waals surface area contributed by atoms with Crippen LogP contribution >= 0.6 is 0 Å². The van der Waals surface area contributed by atoms with Crippen molar-refractivity contribution in [2.45, 2.75) is 58.3 Å². The first-order chi connectivity index (χ1) is 9.15. The SMILES string of the molecule is CCCCCCCCCc1ccc(F)c(C(=O)O)c1. The fourth-order valence-corrected chi connectivity index (χ4v) is 2.18. The van der Waals surface area contributed by atoms with E-state index in [0.717, 1.165) is 24.8 Å². The number of carboxylic acids is 1. The molecule has 1 rings (SSSR count). The highest BCUT2D eigenvalue weighted by atomic mass is 19.1. The van der Waals surface area contributed by atoms with Gasteiger partial charge in [0, 0.05) is 0 Å². The van der Waals surface area contributed by atoms with E-state index in [2.05, 4.69) is 6.92 Å². The molecule has 0 aliphatic rings. The lowest BCUT2D eigenvalue weighted by molar-refractivity contribution is 0.0691. The summed E-state index contributed by atoms with van der Waals surface area (Å²) >= 11 is 0. The number of carboxylic acid groups (broad SMARTS) is 1. The van der Waals surface area contributed by atoms with Gasteiger partial charge in [-0.05, 0) is 30.5 Å². The minimum absolute atomic E-state index is 0.222. The minimum Gasteiger partial charge on any atom is -0.478 e. The van der Waals surface area contributed by atoms with Crippen molar-refractivity contribution in [3.8, 4) is 0 Å². The van der Waals surface area contributed by atoms with E-state index in [1.54, 1.807) is 6.07 Å². The largest absolute Gasteiger partial charge is 0.478 e. The molecule has 0 unspecified atom stereocenters. The van der Waals surface area contributed by atoms with Crippen LogP contribution in [0.3, 0.4) is 0 Å². The van der Waals surface area contributed by atoms with Crippen molar-refractivity contribution in [3.63, 3.8) is 0 Å². The third-order valence-electron chi connectivity index (χ3n) is 3.33. The van der Waals surface area contributed by atoms with Crippen LogP contribution < -0.4 is 0 Å².